The Morgan fingerprint density at radius 2 is 1.84 bits per heavy atom. The number of nitrogens with two attached hydrogens (primary N) is 1. The molecule has 3 N–H and O–H groups in total. The topological polar surface area (TPSA) is 119 Å². The quantitative estimate of drug-likeness (QED) is 0.393. The zero-order valence-corrected chi connectivity index (χ0v) is 21.2. The van der Waals surface area contributed by atoms with Crippen LogP contribution < -0.4 is 11.3 Å². The molecule has 2 aromatic heterocycles. The number of fused-ring (bicyclic) bond motifs is 1. The van der Waals surface area contributed by atoms with Crippen molar-refractivity contribution in [2.45, 2.75) is 44.2 Å². The number of piperidine rings is 1. The van der Waals surface area contributed by atoms with Gasteiger partial charge in [0.2, 0.25) is 5.91 Å². The first-order valence-corrected chi connectivity index (χ1v) is 12.6. The summed E-state index contributed by atoms with van der Waals surface area (Å²) in [6, 6.07) is 17.4. The summed E-state index contributed by atoms with van der Waals surface area (Å²) in [4.78, 5) is 32.5. The number of aromatic nitrogens is 4. The SMILES string of the molecule is CC(CC(=O)N1CCC(O)(Cn2cnc3c(-c4cccc(N)c4)n(C)nc3c2=O)CC1)c1ccccc1. The minimum absolute atomic E-state index is 0.0845. The fraction of sp³-hybridized carbons (Fsp3) is 0.357. The van der Waals surface area contributed by atoms with Crippen LogP contribution in [0.4, 0.5) is 5.69 Å². The third-order valence-electron chi connectivity index (χ3n) is 7.33. The van der Waals surface area contributed by atoms with Gasteiger partial charge in [0.1, 0.15) is 5.52 Å². The molecule has 0 bridgehead atoms. The smallest absolute Gasteiger partial charge is 0.281 e. The van der Waals surface area contributed by atoms with Crippen LogP contribution in [0, 0.1) is 0 Å². The molecular formula is C28H32N6O3. The largest absolute Gasteiger partial charge is 0.399 e. The number of amides is 1. The number of hydrogen-bond acceptors (Lipinski definition) is 6. The predicted molar refractivity (Wildman–Crippen MR) is 143 cm³/mol. The fourth-order valence-electron chi connectivity index (χ4n) is 5.16. The number of carbonyl (C=O) groups is 1. The molecule has 0 aliphatic carbocycles. The molecule has 4 aromatic rings. The van der Waals surface area contributed by atoms with Gasteiger partial charge in [-0.25, -0.2) is 4.98 Å². The molecule has 37 heavy (non-hydrogen) atoms. The number of anilines is 1. The maximum atomic E-state index is 13.3. The lowest BCUT2D eigenvalue weighted by Gasteiger charge is -2.38. The normalized spacial score (nSPS) is 16.1. The number of benzene rings is 2. The van der Waals surface area contributed by atoms with Gasteiger partial charge in [-0.1, -0.05) is 49.4 Å². The highest BCUT2D eigenvalue weighted by molar-refractivity contribution is 5.89. The second-order valence-electron chi connectivity index (χ2n) is 10.1. The summed E-state index contributed by atoms with van der Waals surface area (Å²) < 4.78 is 3.06. The molecule has 1 aliphatic heterocycles. The maximum absolute atomic E-state index is 13.3. The molecule has 0 saturated carbocycles. The van der Waals surface area contributed by atoms with Gasteiger partial charge in [0.15, 0.2) is 5.52 Å². The number of carbonyl (C=O) groups excluding carboxylic acids is 1. The molecule has 9 heteroatoms. The summed E-state index contributed by atoms with van der Waals surface area (Å²) in [6.45, 7) is 3.05. The second kappa shape index (κ2) is 9.82. The number of aryl methyl sites for hydroxylation is 1. The molecule has 3 heterocycles. The van der Waals surface area contributed by atoms with E-state index >= 15 is 0 Å². The van der Waals surface area contributed by atoms with Crippen molar-refractivity contribution in [3.05, 3.63) is 76.8 Å². The van der Waals surface area contributed by atoms with Crippen molar-refractivity contribution in [2.24, 2.45) is 7.05 Å². The van der Waals surface area contributed by atoms with Gasteiger partial charge in [-0.3, -0.25) is 18.8 Å². The molecule has 1 aliphatic rings. The molecule has 1 amide bonds. The summed E-state index contributed by atoms with van der Waals surface area (Å²) in [5, 5.41) is 15.7. The minimum atomic E-state index is -1.10. The second-order valence-corrected chi connectivity index (χ2v) is 10.1. The Morgan fingerprint density at radius 1 is 1.11 bits per heavy atom. The highest BCUT2D eigenvalue weighted by Gasteiger charge is 2.35. The van der Waals surface area contributed by atoms with Crippen LogP contribution >= 0.6 is 0 Å². The molecule has 1 atom stereocenters. The van der Waals surface area contributed by atoms with Crippen LogP contribution in [0.5, 0.6) is 0 Å². The number of likely N-dealkylation sites (tertiary alicyclic amines) is 1. The molecule has 192 valence electrons. The molecule has 5 rings (SSSR count). The molecular weight excluding hydrogens is 468 g/mol. The zero-order valence-electron chi connectivity index (χ0n) is 21.2. The van der Waals surface area contributed by atoms with E-state index in [9.17, 15) is 14.7 Å². The van der Waals surface area contributed by atoms with Gasteiger partial charge in [-0.2, -0.15) is 5.10 Å². The van der Waals surface area contributed by atoms with Crippen LogP contribution in [0.3, 0.4) is 0 Å². The van der Waals surface area contributed by atoms with Gasteiger partial charge < -0.3 is 15.7 Å². The van der Waals surface area contributed by atoms with E-state index in [-0.39, 0.29) is 29.4 Å². The Kier molecular flexibility index (Phi) is 6.55. The molecule has 1 unspecified atom stereocenters. The Balaban J connectivity index is 1.28. The van der Waals surface area contributed by atoms with E-state index in [0.717, 1.165) is 11.1 Å². The number of nitrogens with zero attached hydrogens (tertiary/aromatic N) is 5. The summed E-state index contributed by atoms with van der Waals surface area (Å²) >= 11 is 0. The summed E-state index contributed by atoms with van der Waals surface area (Å²) in [6.07, 6.45) is 2.68. The molecule has 0 spiro atoms. The van der Waals surface area contributed by atoms with E-state index < -0.39 is 5.60 Å². The lowest BCUT2D eigenvalue weighted by molar-refractivity contribution is -0.136. The van der Waals surface area contributed by atoms with Gasteiger partial charge in [-0.05, 0) is 36.5 Å². The number of rotatable bonds is 6. The Hall–Kier alpha value is -3.98. The monoisotopic (exact) mass is 500 g/mol. The Bertz CT molecular complexity index is 1490. The van der Waals surface area contributed by atoms with Crippen LogP contribution in [0.1, 0.15) is 37.7 Å². The van der Waals surface area contributed by atoms with E-state index in [1.807, 2.05) is 53.4 Å². The van der Waals surface area contributed by atoms with Crippen LogP contribution in [0.15, 0.2) is 65.7 Å². The van der Waals surface area contributed by atoms with E-state index in [1.165, 1.54) is 10.9 Å². The highest BCUT2D eigenvalue weighted by atomic mass is 16.3. The Morgan fingerprint density at radius 3 is 2.54 bits per heavy atom. The van der Waals surface area contributed by atoms with Crippen LogP contribution in [-0.4, -0.2) is 53.9 Å². The molecule has 1 saturated heterocycles. The first-order chi connectivity index (χ1) is 17.7. The van der Waals surface area contributed by atoms with E-state index in [0.29, 0.717) is 49.2 Å². The van der Waals surface area contributed by atoms with Crippen molar-refractivity contribution in [1.82, 2.24) is 24.2 Å². The zero-order chi connectivity index (χ0) is 26.2. The molecule has 9 nitrogen and oxygen atoms in total. The first kappa shape index (κ1) is 24.7. The van der Waals surface area contributed by atoms with E-state index in [4.69, 9.17) is 5.73 Å². The van der Waals surface area contributed by atoms with Crippen molar-refractivity contribution >= 4 is 22.6 Å². The first-order valence-electron chi connectivity index (χ1n) is 12.6. The van der Waals surface area contributed by atoms with Gasteiger partial charge in [-0.15, -0.1) is 0 Å². The van der Waals surface area contributed by atoms with Crippen molar-refractivity contribution < 1.29 is 9.90 Å². The molecule has 2 aromatic carbocycles. The lowest BCUT2D eigenvalue weighted by atomic mass is 9.90. The van der Waals surface area contributed by atoms with Gasteiger partial charge in [0.25, 0.3) is 5.56 Å². The van der Waals surface area contributed by atoms with Crippen LogP contribution in [0.25, 0.3) is 22.3 Å². The summed E-state index contributed by atoms with van der Waals surface area (Å²) in [5.41, 5.74) is 8.56. The average Bonchev–Trinajstić information content (AvgIpc) is 3.23. The predicted octanol–water partition coefficient (Wildman–Crippen LogP) is 2.93. The summed E-state index contributed by atoms with van der Waals surface area (Å²) in [5.74, 6) is 0.211. The van der Waals surface area contributed by atoms with Gasteiger partial charge >= 0.3 is 0 Å². The Labute approximate surface area is 215 Å². The lowest BCUT2D eigenvalue weighted by Crippen LogP contribution is -2.49. The van der Waals surface area contributed by atoms with Crippen molar-refractivity contribution in [1.29, 1.82) is 0 Å². The van der Waals surface area contributed by atoms with Crippen LogP contribution in [0.2, 0.25) is 0 Å². The minimum Gasteiger partial charge on any atom is -0.399 e. The van der Waals surface area contributed by atoms with Gasteiger partial charge in [0, 0.05) is 37.8 Å². The highest BCUT2D eigenvalue weighted by Crippen LogP contribution is 2.28. The number of hydrogen-bond donors (Lipinski definition) is 2. The number of aliphatic hydroxyl groups is 1. The van der Waals surface area contributed by atoms with Gasteiger partial charge in [0.05, 0.1) is 24.2 Å². The number of nitrogen functional groups attached to an aromatic ring is 1. The van der Waals surface area contributed by atoms with Crippen molar-refractivity contribution in [3.63, 3.8) is 0 Å². The molecule has 0 radical (unpaired) electrons. The van der Waals surface area contributed by atoms with E-state index in [1.54, 1.807) is 17.8 Å². The van der Waals surface area contributed by atoms with Crippen LogP contribution in [-0.2, 0) is 18.4 Å². The standard InChI is InChI=1S/C28H32N6O3/c1-19(20-7-4-3-5-8-20)15-23(35)33-13-11-28(37,12-14-33)17-34-18-30-24-25(27(34)36)31-32(2)26(24)21-9-6-10-22(29)16-21/h3-10,16,18-19,37H,11-15,17,29H2,1-2H3. The maximum Gasteiger partial charge on any atom is 0.281 e. The van der Waals surface area contributed by atoms with Crippen molar-refractivity contribution in [2.75, 3.05) is 18.8 Å². The molecule has 1 fully saturated rings. The van der Waals surface area contributed by atoms with Crippen molar-refractivity contribution in [3.8, 4) is 11.3 Å². The third kappa shape index (κ3) is 4.99. The van der Waals surface area contributed by atoms with E-state index in [2.05, 4.69) is 17.0 Å². The summed E-state index contributed by atoms with van der Waals surface area (Å²) in [7, 11) is 1.77. The third-order valence-corrected chi connectivity index (χ3v) is 7.33. The fourth-order valence-corrected chi connectivity index (χ4v) is 5.16. The average molecular weight is 501 g/mol.